The van der Waals surface area contributed by atoms with E-state index in [-0.39, 0.29) is 10.6 Å². The number of nitrogens with one attached hydrogen (secondary N) is 1. The molecule has 1 saturated carbocycles. The van der Waals surface area contributed by atoms with Gasteiger partial charge in [-0.2, -0.15) is 0 Å². The van der Waals surface area contributed by atoms with Crippen LogP contribution in [0.4, 0.5) is 11.4 Å². The summed E-state index contributed by atoms with van der Waals surface area (Å²) in [5, 5.41) is 15.3. The molecule has 1 aliphatic rings. The number of non-ortho nitro benzene ring substituents is 1. The average Bonchev–Trinajstić information content (AvgIpc) is 2.94. The van der Waals surface area contributed by atoms with Gasteiger partial charge in [-0.3, -0.25) is 15.1 Å². The van der Waals surface area contributed by atoms with Crippen LogP contribution in [0.15, 0.2) is 24.3 Å². The molecule has 2 unspecified atom stereocenters. The van der Waals surface area contributed by atoms with Crippen LogP contribution >= 0.6 is 0 Å². The maximum absolute atomic E-state index is 11.0. The molecule has 0 aliphatic heterocycles. The Bertz CT molecular complexity index is 717. The zero-order chi connectivity index (χ0) is 15.7. The van der Waals surface area contributed by atoms with Crippen LogP contribution in [0.3, 0.4) is 0 Å². The Morgan fingerprint density at radius 1 is 1.36 bits per heavy atom. The van der Waals surface area contributed by atoms with Gasteiger partial charge in [0.25, 0.3) is 5.69 Å². The summed E-state index contributed by atoms with van der Waals surface area (Å²) in [5.41, 5.74) is 2.66. The highest BCUT2D eigenvalue weighted by Gasteiger charge is 2.25. The SMILES string of the molecule is COC1CCC(Nc2cc(C)nc3ccc([N+](=O)[O-])cc23)C1. The molecule has 1 N–H and O–H groups in total. The first-order valence-electron chi connectivity index (χ1n) is 7.42. The minimum absolute atomic E-state index is 0.0855. The number of anilines is 1. The van der Waals surface area contributed by atoms with Crippen molar-refractivity contribution in [2.45, 2.75) is 38.3 Å². The fourth-order valence-electron chi connectivity index (χ4n) is 3.08. The van der Waals surface area contributed by atoms with Gasteiger partial charge in [0.05, 0.1) is 16.5 Å². The highest BCUT2D eigenvalue weighted by Crippen LogP contribution is 2.31. The second-order valence-electron chi connectivity index (χ2n) is 5.78. The van der Waals surface area contributed by atoms with E-state index in [1.165, 1.54) is 6.07 Å². The first kappa shape index (κ1) is 14.7. The highest BCUT2D eigenvalue weighted by atomic mass is 16.6. The summed E-state index contributed by atoms with van der Waals surface area (Å²) in [6.07, 6.45) is 3.32. The largest absolute Gasteiger partial charge is 0.382 e. The first-order valence-corrected chi connectivity index (χ1v) is 7.42. The summed E-state index contributed by atoms with van der Waals surface area (Å²) >= 11 is 0. The van der Waals surface area contributed by atoms with Crippen LogP contribution in [0, 0.1) is 17.0 Å². The van der Waals surface area contributed by atoms with Crippen molar-refractivity contribution in [3.8, 4) is 0 Å². The van der Waals surface area contributed by atoms with E-state index in [4.69, 9.17) is 4.74 Å². The van der Waals surface area contributed by atoms with Gasteiger partial charge in [0, 0.05) is 42.1 Å². The van der Waals surface area contributed by atoms with Crippen molar-refractivity contribution in [3.63, 3.8) is 0 Å². The molecule has 0 saturated heterocycles. The van der Waals surface area contributed by atoms with Crippen molar-refractivity contribution in [1.29, 1.82) is 0 Å². The molecule has 0 spiro atoms. The summed E-state index contributed by atoms with van der Waals surface area (Å²) in [7, 11) is 1.74. The number of methoxy groups -OCH3 is 1. The van der Waals surface area contributed by atoms with E-state index in [2.05, 4.69) is 10.3 Å². The predicted molar refractivity (Wildman–Crippen MR) is 85.2 cm³/mol. The van der Waals surface area contributed by atoms with Gasteiger partial charge in [0.15, 0.2) is 0 Å². The Hall–Kier alpha value is -2.21. The van der Waals surface area contributed by atoms with Crippen LogP contribution in [-0.2, 0) is 4.74 Å². The van der Waals surface area contributed by atoms with Crippen molar-refractivity contribution in [2.24, 2.45) is 0 Å². The van der Waals surface area contributed by atoms with E-state index in [0.29, 0.717) is 12.1 Å². The molecule has 116 valence electrons. The van der Waals surface area contributed by atoms with Crippen LogP contribution in [0.2, 0.25) is 0 Å². The number of hydrogen-bond donors (Lipinski definition) is 1. The molecule has 3 rings (SSSR count). The summed E-state index contributed by atoms with van der Waals surface area (Å²) in [6, 6.07) is 7.07. The summed E-state index contributed by atoms with van der Waals surface area (Å²) in [5.74, 6) is 0. The predicted octanol–water partition coefficient (Wildman–Crippen LogP) is 3.43. The third-order valence-electron chi connectivity index (χ3n) is 4.21. The van der Waals surface area contributed by atoms with E-state index in [9.17, 15) is 10.1 Å². The Morgan fingerprint density at radius 2 is 2.18 bits per heavy atom. The van der Waals surface area contributed by atoms with Gasteiger partial charge in [0.1, 0.15) is 0 Å². The molecule has 2 aromatic rings. The molecule has 6 nitrogen and oxygen atoms in total. The number of pyridine rings is 1. The van der Waals surface area contributed by atoms with Gasteiger partial charge in [-0.25, -0.2) is 0 Å². The second-order valence-corrected chi connectivity index (χ2v) is 5.78. The third-order valence-corrected chi connectivity index (χ3v) is 4.21. The molecule has 6 heteroatoms. The first-order chi connectivity index (χ1) is 10.6. The summed E-state index contributed by atoms with van der Waals surface area (Å²) in [6.45, 7) is 1.93. The lowest BCUT2D eigenvalue weighted by Crippen LogP contribution is -2.17. The number of fused-ring (bicyclic) bond motifs is 1. The van der Waals surface area contributed by atoms with Gasteiger partial charge in [-0.05, 0) is 38.3 Å². The van der Waals surface area contributed by atoms with E-state index in [1.807, 2.05) is 13.0 Å². The van der Waals surface area contributed by atoms with Crippen LogP contribution in [0.1, 0.15) is 25.0 Å². The zero-order valence-electron chi connectivity index (χ0n) is 12.7. The molecule has 0 bridgehead atoms. The zero-order valence-corrected chi connectivity index (χ0v) is 12.7. The molecule has 2 atom stereocenters. The van der Waals surface area contributed by atoms with Crippen LogP contribution in [0.5, 0.6) is 0 Å². The molecule has 0 amide bonds. The van der Waals surface area contributed by atoms with E-state index >= 15 is 0 Å². The van der Waals surface area contributed by atoms with Gasteiger partial charge >= 0.3 is 0 Å². The van der Waals surface area contributed by atoms with Gasteiger partial charge in [-0.15, -0.1) is 0 Å². The fourth-order valence-corrected chi connectivity index (χ4v) is 3.08. The average molecular weight is 301 g/mol. The number of aryl methyl sites for hydroxylation is 1. The lowest BCUT2D eigenvalue weighted by atomic mass is 10.1. The molecule has 1 aromatic heterocycles. The minimum Gasteiger partial charge on any atom is -0.382 e. The molecular formula is C16H19N3O3. The van der Waals surface area contributed by atoms with Gasteiger partial charge in [0.2, 0.25) is 0 Å². The summed E-state index contributed by atoms with van der Waals surface area (Å²) in [4.78, 5) is 15.1. The number of nitrogens with zero attached hydrogens (tertiary/aromatic N) is 2. The van der Waals surface area contributed by atoms with Gasteiger partial charge < -0.3 is 10.1 Å². The maximum atomic E-state index is 11.0. The molecule has 0 radical (unpaired) electrons. The van der Waals surface area contributed by atoms with Crippen molar-refractivity contribution in [3.05, 3.63) is 40.1 Å². The Labute approximate surface area is 128 Å². The highest BCUT2D eigenvalue weighted by molar-refractivity contribution is 5.93. The van der Waals surface area contributed by atoms with E-state index < -0.39 is 0 Å². The molecule has 1 aliphatic carbocycles. The summed E-state index contributed by atoms with van der Waals surface area (Å²) < 4.78 is 5.40. The smallest absolute Gasteiger partial charge is 0.270 e. The van der Waals surface area contributed by atoms with Crippen LogP contribution < -0.4 is 5.32 Å². The number of hydrogen-bond acceptors (Lipinski definition) is 5. The second kappa shape index (κ2) is 5.88. The van der Waals surface area contributed by atoms with Crippen LogP contribution in [0.25, 0.3) is 10.9 Å². The van der Waals surface area contributed by atoms with Gasteiger partial charge in [-0.1, -0.05) is 0 Å². The third kappa shape index (κ3) is 2.87. The molecule has 1 aromatic carbocycles. The Morgan fingerprint density at radius 3 is 2.86 bits per heavy atom. The number of benzene rings is 1. The molecule has 1 heterocycles. The maximum Gasteiger partial charge on any atom is 0.270 e. The fraction of sp³-hybridized carbons (Fsp3) is 0.438. The Balaban J connectivity index is 1.96. The topological polar surface area (TPSA) is 77.3 Å². The van der Waals surface area contributed by atoms with Crippen molar-refractivity contribution in [2.75, 3.05) is 12.4 Å². The number of rotatable bonds is 4. The van der Waals surface area contributed by atoms with E-state index in [1.54, 1.807) is 19.2 Å². The normalized spacial score (nSPS) is 21.2. The monoisotopic (exact) mass is 301 g/mol. The van der Waals surface area contributed by atoms with Crippen molar-refractivity contribution >= 4 is 22.3 Å². The quantitative estimate of drug-likeness (QED) is 0.691. The number of aromatic nitrogens is 1. The number of nitro benzene ring substituents is 1. The minimum atomic E-state index is -0.375. The number of nitro groups is 1. The van der Waals surface area contributed by atoms with Crippen molar-refractivity contribution in [1.82, 2.24) is 4.98 Å². The van der Waals surface area contributed by atoms with Crippen LogP contribution in [-0.4, -0.2) is 29.2 Å². The van der Waals surface area contributed by atoms with Crippen molar-refractivity contribution < 1.29 is 9.66 Å². The Kier molecular flexibility index (Phi) is 3.94. The van der Waals surface area contributed by atoms with E-state index in [0.717, 1.165) is 41.5 Å². The molecule has 1 fully saturated rings. The molecule has 22 heavy (non-hydrogen) atoms. The lowest BCUT2D eigenvalue weighted by Gasteiger charge is -2.16. The lowest BCUT2D eigenvalue weighted by molar-refractivity contribution is -0.384. The number of ether oxygens (including phenoxy) is 1. The molecular weight excluding hydrogens is 282 g/mol. The standard InChI is InChI=1S/C16H19N3O3/c1-10-7-16(18-11-3-5-13(8-11)22-2)14-9-12(19(20)21)4-6-15(14)17-10/h4,6-7,9,11,13H,3,5,8H2,1-2H3,(H,17,18).